The van der Waals surface area contributed by atoms with Crippen LogP contribution in [0.25, 0.3) is 0 Å². The van der Waals surface area contributed by atoms with Gasteiger partial charge in [0.05, 0.1) is 13.2 Å². The minimum absolute atomic E-state index is 0.0796. The molecule has 0 spiro atoms. The van der Waals surface area contributed by atoms with Crippen LogP contribution in [0, 0.1) is 0 Å². The van der Waals surface area contributed by atoms with E-state index in [0.717, 1.165) is 11.1 Å². The topological polar surface area (TPSA) is 38.7 Å². The molecule has 1 aromatic rings. The molecule has 0 bridgehead atoms. The van der Waals surface area contributed by atoms with Gasteiger partial charge in [0.25, 0.3) is 0 Å². The van der Waals surface area contributed by atoms with Crippen molar-refractivity contribution in [2.24, 2.45) is 4.99 Å². The Morgan fingerprint density at radius 3 is 2.69 bits per heavy atom. The summed E-state index contributed by atoms with van der Waals surface area (Å²) < 4.78 is 5.21. The minimum Gasteiger partial charge on any atom is -0.384 e. The van der Waals surface area contributed by atoms with Crippen LogP contribution in [0.1, 0.15) is 25.0 Å². The van der Waals surface area contributed by atoms with E-state index >= 15 is 0 Å². The molecule has 0 radical (unpaired) electrons. The zero-order chi connectivity index (χ0) is 12.0. The number of nitrogens with zero attached hydrogens (tertiary/aromatic N) is 1. The number of ether oxygens (including phenoxy) is 1. The molecule has 0 aromatic heterocycles. The fraction of sp³-hybridized carbons (Fsp3) is 0.462. The third kappa shape index (κ3) is 3.02. The molecule has 0 aliphatic heterocycles. The summed E-state index contributed by atoms with van der Waals surface area (Å²) in [5.74, 6) is 0. The molecule has 3 nitrogen and oxygen atoms in total. The number of isocyanates is 1. The SMILES string of the molecule is COCC(C)(C)c1ccccc1CN=C=O. The van der Waals surface area contributed by atoms with Crippen LogP contribution in [0.2, 0.25) is 0 Å². The fourth-order valence-corrected chi connectivity index (χ4v) is 1.87. The summed E-state index contributed by atoms with van der Waals surface area (Å²) in [6, 6.07) is 7.96. The van der Waals surface area contributed by atoms with E-state index in [2.05, 4.69) is 24.9 Å². The van der Waals surface area contributed by atoms with Crippen LogP contribution in [-0.2, 0) is 21.5 Å². The smallest absolute Gasteiger partial charge is 0.235 e. The maximum Gasteiger partial charge on any atom is 0.235 e. The molecule has 0 N–H and O–H groups in total. The lowest BCUT2D eigenvalue weighted by Gasteiger charge is -2.26. The maximum atomic E-state index is 10.1. The predicted molar refractivity (Wildman–Crippen MR) is 63.2 cm³/mol. The Morgan fingerprint density at radius 2 is 2.06 bits per heavy atom. The lowest BCUT2D eigenvalue weighted by atomic mass is 9.82. The number of aliphatic imine (C=N–C) groups is 1. The highest BCUT2D eigenvalue weighted by Crippen LogP contribution is 2.27. The Balaban J connectivity index is 3.06. The Bertz CT molecular complexity index is 393. The number of carbonyl (C=O) groups excluding carboxylic acids is 1. The van der Waals surface area contributed by atoms with Crippen molar-refractivity contribution in [1.82, 2.24) is 0 Å². The number of hydrogen-bond donors (Lipinski definition) is 0. The first-order valence-electron chi connectivity index (χ1n) is 5.23. The molecule has 16 heavy (non-hydrogen) atoms. The van der Waals surface area contributed by atoms with Gasteiger partial charge in [-0.05, 0) is 11.1 Å². The van der Waals surface area contributed by atoms with Crippen LogP contribution < -0.4 is 0 Å². The van der Waals surface area contributed by atoms with Crippen LogP contribution in [-0.4, -0.2) is 19.8 Å². The van der Waals surface area contributed by atoms with Gasteiger partial charge in [0.2, 0.25) is 6.08 Å². The summed E-state index contributed by atoms with van der Waals surface area (Å²) in [5, 5.41) is 0. The second kappa shape index (κ2) is 5.59. The highest BCUT2D eigenvalue weighted by atomic mass is 16.5. The third-order valence-corrected chi connectivity index (χ3v) is 2.57. The van der Waals surface area contributed by atoms with Crippen molar-refractivity contribution in [2.75, 3.05) is 13.7 Å². The summed E-state index contributed by atoms with van der Waals surface area (Å²) in [7, 11) is 1.69. The van der Waals surface area contributed by atoms with Gasteiger partial charge in [0.1, 0.15) is 0 Å². The van der Waals surface area contributed by atoms with E-state index in [1.54, 1.807) is 13.2 Å². The molecule has 0 saturated carbocycles. The average molecular weight is 219 g/mol. The van der Waals surface area contributed by atoms with E-state index in [4.69, 9.17) is 4.74 Å². The van der Waals surface area contributed by atoms with Gasteiger partial charge in [-0.1, -0.05) is 38.1 Å². The van der Waals surface area contributed by atoms with Gasteiger partial charge < -0.3 is 4.74 Å². The van der Waals surface area contributed by atoms with E-state index in [-0.39, 0.29) is 5.41 Å². The van der Waals surface area contributed by atoms with Crippen LogP contribution >= 0.6 is 0 Å². The highest BCUT2D eigenvalue weighted by Gasteiger charge is 2.22. The molecule has 0 heterocycles. The van der Waals surface area contributed by atoms with Crippen molar-refractivity contribution in [1.29, 1.82) is 0 Å². The molecule has 0 unspecified atom stereocenters. The van der Waals surface area contributed by atoms with Gasteiger partial charge >= 0.3 is 0 Å². The van der Waals surface area contributed by atoms with Crippen molar-refractivity contribution in [3.05, 3.63) is 35.4 Å². The maximum absolute atomic E-state index is 10.1. The quantitative estimate of drug-likeness (QED) is 0.563. The summed E-state index contributed by atoms with van der Waals surface area (Å²) in [6.45, 7) is 5.24. The monoisotopic (exact) mass is 219 g/mol. The molecule has 0 aliphatic carbocycles. The summed E-state index contributed by atoms with van der Waals surface area (Å²) in [6.07, 6.45) is 1.57. The second-order valence-electron chi connectivity index (χ2n) is 4.38. The third-order valence-electron chi connectivity index (χ3n) is 2.57. The number of hydrogen-bond acceptors (Lipinski definition) is 3. The molecule has 1 aromatic carbocycles. The molecular weight excluding hydrogens is 202 g/mol. The van der Waals surface area contributed by atoms with Crippen LogP contribution in [0.5, 0.6) is 0 Å². The average Bonchev–Trinajstić information content (AvgIpc) is 2.26. The number of rotatable bonds is 5. The largest absolute Gasteiger partial charge is 0.384 e. The van der Waals surface area contributed by atoms with Crippen molar-refractivity contribution in [2.45, 2.75) is 25.8 Å². The van der Waals surface area contributed by atoms with Crippen LogP contribution in [0.15, 0.2) is 29.3 Å². The van der Waals surface area contributed by atoms with Crippen molar-refractivity contribution in [3.8, 4) is 0 Å². The lowest BCUT2D eigenvalue weighted by Crippen LogP contribution is -2.25. The molecular formula is C13H17NO2. The minimum atomic E-state index is -0.0796. The van der Waals surface area contributed by atoms with Gasteiger partial charge in [-0.2, -0.15) is 0 Å². The molecule has 0 atom stereocenters. The Kier molecular flexibility index (Phi) is 4.41. The van der Waals surface area contributed by atoms with E-state index < -0.39 is 0 Å². The lowest BCUT2D eigenvalue weighted by molar-refractivity contribution is 0.146. The fourth-order valence-electron chi connectivity index (χ4n) is 1.87. The Morgan fingerprint density at radius 1 is 1.38 bits per heavy atom. The van der Waals surface area contributed by atoms with Gasteiger partial charge in [0, 0.05) is 12.5 Å². The molecule has 0 aliphatic rings. The number of benzene rings is 1. The van der Waals surface area contributed by atoms with Gasteiger partial charge in [0.15, 0.2) is 0 Å². The summed E-state index contributed by atoms with van der Waals surface area (Å²) >= 11 is 0. The van der Waals surface area contributed by atoms with Gasteiger partial charge in [-0.15, -0.1) is 0 Å². The van der Waals surface area contributed by atoms with Crippen LogP contribution in [0.3, 0.4) is 0 Å². The first-order chi connectivity index (χ1) is 7.61. The van der Waals surface area contributed by atoms with Crippen LogP contribution in [0.4, 0.5) is 0 Å². The molecule has 0 amide bonds. The molecule has 0 fully saturated rings. The zero-order valence-electron chi connectivity index (χ0n) is 9.99. The molecule has 0 saturated heterocycles. The molecule has 3 heteroatoms. The Hall–Kier alpha value is -1.44. The summed E-state index contributed by atoms with van der Waals surface area (Å²) in [5.41, 5.74) is 2.13. The summed E-state index contributed by atoms with van der Waals surface area (Å²) in [4.78, 5) is 13.8. The first kappa shape index (κ1) is 12.6. The van der Waals surface area contributed by atoms with Crippen molar-refractivity contribution < 1.29 is 9.53 Å². The Labute approximate surface area is 96.2 Å². The standard InChI is InChI=1S/C13H17NO2/c1-13(2,9-16-3)12-7-5-4-6-11(12)8-14-10-15/h4-7H,8-9H2,1-3H3. The van der Waals surface area contributed by atoms with E-state index in [1.807, 2.05) is 18.2 Å². The van der Waals surface area contributed by atoms with E-state index in [1.165, 1.54) is 0 Å². The highest BCUT2D eigenvalue weighted by molar-refractivity contribution is 5.37. The molecule has 86 valence electrons. The zero-order valence-corrected chi connectivity index (χ0v) is 9.99. The van der Waals surface area contributed by atoms with Crippen molar-refractivity contribution in [3.63, 3.8) is 0 Å². The normalized spacial score (nSPS) is 10.9. The molecule has 1 rings (SSSR count). The second-order valence-corrected chi connectivity index (χ2v) is 4.38. The number of methoxy groups -OCH3 is 1. The van der Waals surface area contributed by atoms with Gasteiger partial charge in [-0.25, -0.2) is 9.79 Å². The van der Waals surface area contributed by atoms with E-state index in [9.17, 15) is 4.79 Å². The van der Waals surface area contributed by atoms with E-state index in [0.29, 0.717) is 13.2 Å². The predicted octanol–water partition coefficient (Wildman–Crippen LogP) is 2.45. The first-order valence-corrected chi connectivity index (χ1v) is 5.23. The van der Waals surface area contributed by atoms with Gasteiger partial charge in [-0.3, -0.25) is 0 Å². The van der Waals surface area contributed by atoms with Crippen molar-refractivity contribution >= 4 is 6.08 Å².